The topological polar surface area (TPSA) is 80.3 Å². The lowest BCUT2D eigenvalue weighted by Crippen LogP contribution is -2.45. The molecule has 1 N–H and O–H groups in total. The van der Waals surface area contributed by atoms with Gasteiger partial charge in [-0.2, -0.15) is 0 Å². The van der Waals surface area contributed by atoms with E-state index in [1.165, 1.54) is 32.1 Å². The molecule has 1 saturated heterocycles. The van der Waals surface area contributed by atoms with E-state index in [4.69, 9.17) is 14.2 Å². The first-order valence-electron chi connectivity index (χ1n) is 16.0. The minimum Gasteiger partial charge on any atom is -0.493 e. The van der Waals surface area contributed by atoms with Crippen LogP contribution < -0.4 is 14.8 Å². The summed E-state index contributed by atoms with van der Waals surface area (Å²) in [5.41, 5.74) is 0.598. The van der Waals surface area contributed by atoms with Gasteiger partial charge in [0.25, 0.3) is 5.91 Å². The third-order valence-corrected chi connectivity index (χ3v) is 9.19. The van der Waals surface area contributed by atoms with E-state index in [0.29, 0.717) is 67.0 Å². The van der Waals surface area contributed by atoms with Gasteiger partial charge in [0.1, 0.15) is 0 Å². The highest BCUT2D eigenvalue weighted by atomic mass is 16.5. The van der Waals surface area contributed by atoms with Crippen LogP contribution in [0, 0.1) is 17.8 Å². The number of rotatable bonds is 16. The Balaban J connectivity index is 1.38. The van der Waals surface area contributed by atoms with Crippen LogP contribution in [0.1, 0.15) is 88.4 Å². The number of nitrogens with zero attached hydrogens (tertiary/aromatic N) is 2. The first-order valence-corrected chi connectivity index (χ1v) is 16.0. The number of hydrogen-bond acceptors (Lipinski definition) is 6. The van der Waals surface area contributed by atoms with E-state index in [-0.39, 0.29) is 11.9 Å². The lowest BCUT2D eigenvalue weighted by molar-refractivity contribution is -0.133. The predicted octanol–water partition coefficient (Wildman–Crippen LogP) is 5.15. The van der Waals surface area contributed by atoms with E-state index >= 15 is 0 Å². The van der Waals surface area contributed by atoms with Crippen molar-refractivity contribution in [1.29, 1.82) is 0 Å². The molecule has 0 bridgehead atoms. The first kappa shape index (κ1) is 31.6. The quantitative estimate of drug-likeness (QED) is 0.277. The van der Waals surface area contributed by atoms with Crippen molar-refractivity contribution in [2.45, 2.75) is 90.1 Å². The zero-order chi connectivity index (χ0) is 29.2. The van der Waals surface area contributed by atoms with Crippen molar-refractivity contribution in [3.05, 3.63) is 23.8 Å². The van der Waals surface area contributed by atoms with Gasteiger partial charge in [-0.1, -0.05) is 32.1 Å². The molecule has 1 aromatic carbocycles. The Kier molecular flexibility index (Phi) is 12.2. The van der Waals surface area contributed by atoms with Gasteiger partial charge in [0, 0.05) is 70.4 Å². The Morgan fingerprint density at radius 2 is 1.68 bits per heavy atom. The number of hydrogen-bond donors (Lipinski definition) is 1. The van der Waals surface area contributed by atoms with Crippen molar-refractivity contribution in [3.63, 3.8) is 0 Å². The van der Waals surface area contributed by atoms with Crippen LogP contribution in [0.15, 0.2) is 18.2 Å². The van der Waals surface area contributed by atoms with Crippen molar-refractivity contribution in [3.8, 4) is 11.5 Å². The SMILES string of the molecule is COCCCOc1cc(C(=O)N(C[C@@H]2CNC[C@@H]2CN(C(=O)CCC2CCCCC2)C2CC2)C(C)C)ccc1OC. The molecular formula is C33H53N3O5. The molecule has 1 aliphatic heterocycles. The zero-order valence-corrected chi connectivity index (χ0v) is 25.9. The Morgan fingerprint density at radius 1 is 0.951 bits per heavy atom. The van der Waals surface area contributed by atoms with Gasteiger partial charge in [-0.05, 0) is 69.1 Å². The molecule has 2 atom stereocenters. The minimum atomic E-state index is -0.00217. The van der Waals surface area contributed by atoms with Crippen molar-refractivity contribution >= 4 is 11.8 Å². The van der Waals surface area contributed by atoms with Crippen LogP contribution in [-0.4, -0.2) is 87.3 Å². The van der Waals surface area contributed by atoms with Gasteiger partial charge >= 0.3 is 0 Å². The van der Waals surface area contributed by atoms with Crippen LogP contribution in [0.4, 0.5) is 0 Å². The lowest BCUT2D eigenvalue weighted by Gasteiger charge is -2.34. The fourth-order valence-corrected chi connectivity index (χ4v) is 6.51. The van der Waals surface area contributed by atoms with Crippen LogP contribution in [0.25, 0.3) is 0 Å². The summed E-state index contributed by atoms with van der Waals surface area (Å²) in [7, 11) is 3.28. The van der Waals surface area contributed by atoms with Crippen molar-refractivity contribution in [1.82, 2.24) is 15.1 Å². The number of nitrogens with one attached hydrogen (secondary N) is 1. The number of benzene rings is 1. The molecule has 41 heavy (non-hydrogen) atoms. The lowest BCUT2D eigenvalue weighted by atomic mass is 9.86. The summed E-state index contributed by atoms with van der Waals surface area (Å²) >= 11 is 0. The van der Waals surface area contributed by atoms with Gasteiger partial charge in [0.2, 0.25) is 5.91 Å². The molecule has 4 rings (SSSR count). The van der Waals surface area contributed by atoms with Crippen molar-refractivity contribution in [2.24, 2.45) is 17.8 Å². The highest BCUT2D eigenvalue weighted by Crippen LogP contribution is 2.33. The molecule has 0 radical (unpaired) electrons. The molecule has 1 heterocycles. The number of amides is 2. The predicted molar refractivity (Wildman–Crippen MR) is 162 cm³/mol. The molecule has 3 aliphatic rings. The summed E-state index contributed by atoms with van der Waals surface area (Å²) < 4.78 is 16.5. The van der Waals surface area contributed by atoms with E-state index in [1.54, 1.807) is 20.3 Å². The average Bonchev–Trinajstić information content (AvgIpc) is 3.74. The highest BCUT2D eigenvalue weighted by molar-refractivity contribution is 5.95. The van der Waals surface area contributed by atoms with Gasteiger partial charge < -0.3 is 29.3 Å². The van der Waals surface area contributed by atoms with E-state index in [1.807, 2.05) is 17.0 Å². The molecule has 2 amide bonds. The third-order valence-electron chi connectivity index (χ3n) is 9.19. The fourth-order valence-electron chi connectivity index (χ4n) is 6.51. The number of carbonyl (C=O) groups excluding carboxylic acids is 2. The van der Waals surface area contributed by atoms with Crippen LogP contribution in [-0.2, 0) is 9.53 Å². The molecule has 8 nitrogen and oxygen atoms in total. The maximum absolute atomic E-state index is 13.8. The van der Waals surface area contributed by atoms with Crippen LogP contribution in [0.5, 0.6) is 11.5 Å². The summed E-state index contributed by atoms with van der Waals surface area (Å²) in [5.74, 6) is 2.91. The van der Waals surface area contributed by atoms with Gasteiger partial charge in [-0.25, -0.2) is 0 Å². The second kappa shape index (κ2) is 15.8. The van der Waals surface area contributed by atoms with Crippen molar-refractivity contribution < 1.29 is 23.8 Å². The molecular weight excluding hydrogens is 518 g/mol. The smallest absolute Gasteiger partial charge is 0.254 e. The van der Waals surface area contributed by atoms with E-state index in [0.717, 1.165) is 51.2 Å². The number of ether oxygens (including phenoxy) is 3. The summed E-state index contributed by atoms with van der Waals surface area (Å²) in [4.78, 5) is 31.4. The molecule has 8 heteroatoms. The molecule has 0 aromatic heterocycles. The summed E-state index contributed by atoms with van der Waals surface area (Å²) in [6.07, 6.45) is 11.3. The van der Waals surface area contributed by atoms with E-state index < -0.39 is 0 Å². The summed E-state index contributed by atoms with van der Waals surface area (Å²) in [6.45, 7) is 8.48. The number of methoxy groups -OCH3 is 2. The molecule has 1 aromatic rings. The highest BCUT2D eigenvalue weighted by Gasteiger charge is 2.38. The average molecular weight is 572 g/mol. The van der Waals surface area contributed by atoms with Gasteiger partial charge in [-0.15, -0.1) is 0 Å². The molecule has 230 valence electrons. The summed E-state index contributed by atoms with van der Waals surface area (Å²) in [6, 6.07) is 5.90. The maximum atomic E-state index is 13.8. The van der Waals surface area contributed by atoms with Crippen molar-refractivity contribution in [2.75, 3.05) is 53.6 Å². The largest absolute Gasteiger partial charge is 0.493 e. The minimum absolute atomic E-state index is 0.00217. The molecule has 2 saturated carbocycles. The second-order valence-electron chi connectivity index (χ2n) is 12.6. The molecule has 3 fully saturated rings. The van der Waals surface area contributed by atoms with Crippen LogP contribution in [0.2, 0.25) is 0 Å². The Hall–Kier alpha value is -2.32. The third kappa shape index (κ3) is 9.08. The Bertz CT molecular complexity index is 976. The fraction of sp³-hybridized carbons (Fsp3) is 0.758. The normalized spacial score (nSPS) is 21.2. The zero-order valence-electron chi connectivity index (χ0n) is 25.9. The Morgan fingerprint density at radius 3 is 2.34 bits per heavy atom. The maximum Gasteiger partial charge on any atom is 0.254 e. The number of carbonyl (C=O) groups is 2. The molecule has 0 unspecified atom stereocenters. The standard InChI is InChI=1S/C33H53N3O5/c1-24(2)35(33(38)26-12-15-30(40-4)31(19-26)41-18-8-17-39-3)22-27-20-34-21-28(27)23-36(29-13-14-29)32(37)16-11-25-9-6-5-7-10-25/h12,15,19,24-25,27-29,34H,5-11,13-14,16-18,20-23H2,1-4H3/t27-,28+/m0/s1. The molecule has 2 aliphatic carbocycles. The monoisotopic (exact) mass is 571 g/mol. The van der Waals surface area contributed by atoms with Crippen LogP contribution >= 0.6 is 0 Å². The second-order valence-corrected chi connectivity index (χ2v) is 12.6. The first-order chi connectivity index (χ1) is 19.9. The van der Waals surface area contributed by atoms with Gasteiger partial charge in [0.05, 0.1) is 13.7 Å². The van der Waals surface area contributed by atoms with Gasteiger partial charge in [0.15, 0.2) is 11.5 Å². The molecule has 0 spiro atoms. The summed E-state index contributed by atoms with van der Waals surface area (Å²) in [5, 5.41) is 3.57. The van der Waals surface area contributed by atoms with Gasteiger partial charge in [-0.3, -0.25) is 9.59 Å². The van der Waals surface area contributed by atoms with E-state index in [2.05, 4.69) is 24.1 Å². The Labute approximate surface area is 247 Å². The van der Waals surface area contributed by atoms with Crippen LogP contribution in [0.3, 0.4) is 0 Å². The van der Waals surface area contributed by atoms with E-state index in [9.17, 15) is 9.59 Å².